The van der Waals surface area contributed by atoms with Crippen LogP contribution in [0, 0.1) is 16.0 Å². The molecule has 1 rings (SSSR count). The molecule has 0 fully saturated rings. The molecule has 0 saturated heterocycles. The smallest absolute Gasteiger partial charge is 0.293 e. The second kappa shape index (κ2) is 6.67. The number of nitrogen functional groups attached to an aromatic ring is 1. The summed E-state index contributed by atoms with van der Waals surface area (Å²) < 4.78 is 26.6. The molecule has 0 spiro atoms. The number of nitrogens with two attached hydrogens (primary N) is 1. The first-order chi connectivity index (χ1) is 9.31. The van der Waals surface area contributed by atoms with Gasteiger partial charge in [-0.3, -0.25) is 10.1 Å². The highest BCUT2D eigenvalue weighted by molar-refractivity contribution is 7.89. The minimum absolute atomic E-state index is 0.0612. The van der Waals surface area contributed by atoms with Crippen LogP contribution in [0.15, 0.2) is 23.1 Å². The van der Waals surface area contributed by atoms with Gasteiger partial charge in [0.2, 0.25) is 10.0 Å². The number of sulfonamides is 1. The molecular formula is C12H19N3O4S. The van der Waals surface area contributed by atoms with E-state index >= 15 is 0 Å². The van der Waals surface area contributed by atoms with Crippen molar-refractivity contribution in [3.8, 4) is 0 Å². The fourth-order valence-electron chi connectivity index (χ4n) is 1.74. The maximum absolute atomic E-state index is 12.1. The Hall–Kier alpha value is -1.67. The van der Waals surface area contributed by atoms with Gasteiger partial charge >= 0.3 is 0 Å². The van der Waals surface area contributed by atoms with E-state index in [1.54, 1.807) is 0 Å². The number of rotatable bonds is 7. The van der Waals surface area contributed by atoms with Crippen molar-refractivity contribution in [1.82, 2.24) is 4.72 Å². The van der Waals surface area contributed by atoms with E-state index in [0.29, 0.717) is 6.54 Å². The molecule has 1 aromatic rings. The van der Waals surface area contributed by atoms with Crippen LogP contribution >= 0.6 is 0 Å². The Kier molecular flexibility index (Phi) is 5.46. The Morgan fingerprint density at radius 1 is 1.35 bits per heavy atom. The van der Waals surface area contributed by atoms with Crippen LogP contribution < -0.4 is 10.5 Å². The summed E-state index contributed by atoms with van der Waals surface area (Å²) in [6.45, 7) is 4.28. The Morgan fingerprint density at radius 3 is 2.45 bits per heavy atom. The molecule has 0 aromatic heterocycles. The lowest BCUT2D eigenvalue weighted by atomic mass is 10.0. The van der Waals surface area contributed by atoms with E-state index in [4.69, 9.17) is 5.73 Å². The lowest BCUT2D eigenvalue weighted by Crippen LogP contribution is -2.29. The quantitative estimate of drug-likeness (QED) is 0.453. The number of hydrogen-bond acceptors (Lipinski definition) is 5. The van der Waals surface area contributed by atoms with Crippen molar-refractivity contribution in [1.29, 1.82) is 0 Å². The van der Waals surface area contributed by atoms with Crippen LogP contribution in [0.1, 0.15) is 26.7 Å². The van der Waals surface area contributed by atoms with E-state index in [1.807, 2.05) is 13.8 Å². The van der Waals surface area contributed by atoms with Crippen LogP contribution in [0.25, 0.3) is 0 Å². The van der Waals surface area contributed by atoms with Gasteiger partial charge in [0.05, 0.1) is 9.82 Å². The third-order valence-corrected chi connectivity index (χ3v) is 4.65. The topological polar surface area (TPSA) is 115 Å². The lowest BCUT2D eigenvalue weighted by Gasteiger charge is -2.13. The minimum Gasteiger partial charge on any atom is -0.393 e. The highest BCUT2D eigenvalue weighted by Gasteiger charge is 2.20. The molecule has 1 aromatic carbocycles. The van der Waals surface area contributed by atoms with Crippen molar-refractivity contribution < 1.29 is 13.3 Å². The predicted octanol–water partition coefficient (Wildman–Crippen LogP) is 1.89. The Morgan fingerprint density at radius 2 is 1.95 bits per heavy atom. The predicted molar refractivity (Wildman–Crippen MR) is 76.8 cm³/mol. The van der Waals surface area contributed by atoms with Gasteiger partial charge in [0.25, 0.3) is 5.69 Å². The van der Waals surface area contributed by atoms with Crippen molar-refractivity contribution in [3.05, 3.63) is 28.3 Å². The summed E-state index contributed by atoms with van der Waals surface area (Å²) in [5.41, 5.74) is 4.97. The third kappa shape index (κ3) is 3.91. The van der Waals surface area contributed by atoms with E-state index < -0.39 is 20.6 Å². The molecule has 20 heavy (non-hydrogen) atoms. The van der Waals surface area contributed by atoms with Crippen LogP contribution in [0.2, 0.25) is 0 Å². The molecule has 8 heteroatoms. The molecule has 0 saturated carbocycles. The summed E-state index contributed by atoms with van der Waals surface area (Å²) in [4.78, 5) is 9.92. The van der Waals surface area contributed by atoms with Crippen LogP contribution in [0.5, 0.6) is 0 Å². The van der Waals surface area contributed by atoms with Gasteiger partial charge in [-0.2, -0.15) is 0 Å². The standard InChI is InChI=1S/C12H19N3O4S/c1-3-9(4-2)8-14-20(18,19)10-5-6-11(13)12(7-10)15(16)17/h5-7,9,14H,3-4,8,13H2,1-2H3. The van der Waals surface area contributed by atoms with Gasteiger partial charge in [0.1, 0.15) is 5.69 Å². The summed E-state index contributed by atoms with van der Waals surface area (Å²) in [5, 5.41) is 10.8. The Labute approximate surface area is 118 Å². The third-order valence-electron chi connectivity index (χ3n) is 3.23. The number of benzene rings is 1. The molecule has 0 aliphatic heterocycles. The zero-order chi connectivity index (χ0) is 15.3. The van der Waals surface area contributed by atoms with Gasteiger partial charge in [-0.1, -0.05) is 26.7 Å². The summed E-state index contributed by atoms with van der Waals surface area (Å²) in [5.74, 6) is 0.244. The van der Waals surface area contributed by atoms with Crippen LogP contribution in [0.3, 0.4) is 0 Å². The lowest BCUT2D eigenvalue weighted by molar-refractivity contribution is -0.384. The Bertz CT molecular complexity index is 582. The molecule has 0 unspecified atom stereocenters. The molecular weight excluding hydrogens is 282 g/mol. The van der Waals surface area contributed by atoms with E-state index in [-0.39, 0.29) is 16.5 Å². The van der Waals surface area contributed by atoms with E-state index in [1.165, 1.54) is 12.1 Å². The molecule has 0 radical (unpaired) electrons. The maximum Gasteiger partial charge on any atom is 0.293 e. The highest BCUT2D eigenvalue weighted by atomic mass is 32.2. The highest BCUT2D eigenvalue weighted by Crippen LogP contribution is 2.24. The first-order valence-electron chi connectivity index (χ1n) is 6.35. The average Bonchev–Trinajstić information content (AvgIpc) is 2.39. The zero-order valence-electron chi connectivity index (χ0n) is 11.5. The van der Waals surface area contributed by atoms with E-state index in [9.17, 15) is 18.5 Å². The molecule has 0 atom stereocenters. The van der Waals surface area contributed by atoms with Crippen LogP contribution in [-0.2, 0) is 10.0 Å². The second-order valence-electron chi connectivity index (χ2n) is 4.51. The summed E-state index contributed by atoms with van der Waals surface area (Å²) in [6, 6.07) is 3.46. The van der Waals surface area contributed by atoms with Gasteiger partial charge in [-0.25, -0.2) is 13.1 Å². The number of nitro benzene ring substituents is 1. The molecule has 0 aliphatic carbocycles. The molecule has 0 aliphatic rings. The van der Waals surface area contributed by atoms with Gasteiger partial charge in [0.15, 0.2) is 0 Å². The number of hydrogen-bond donors (Lipinski definition) is 2. The zero-order valence-corrected chi connectivity index (χ0v) is 12.3. The van der Waals surface area contributed by atoms with Gasteiger partial charge in [-0.15, -0.1) is 0 Å². The number of anilines is 1. The first-order valence-corrected chi connectivity index (χ1v) is 7.83. The number of nitrogens with zero attached hydrogens (tertiary/aromatic N) is 1. The normalized spacial score (nSPS) is 11.8. The second-order valence-corrected chi connectivity index (χ2v) is 6.28. The van der Waals surface area contributed by atoms with Crippen molar-refractivity contribution in [2.45, 2.75) is 31.6 Å². The molecule has 0 heterocycles. The van der Waals surface area contributed by atoms with Crippen LogP contribution in [0.4, 0.5) is 11.4 Å². The van der Waals surface area contributed by atoms with Crippen molar-refractivity contribution in [2.24, 2.45) is 5.92 Å². The van der Waals surface area contributed by atoms with Crippen molar-refractivity contribution >= 4 is 21.4 Å². The van der Waals surface area contributed by atoms with Crippen molar-refractivity contribution in [2.75, 3.05) is 12.3 Å². The summed E-state index contributed by atoms with van der Waals surface area (Å²) >= 11 is 0. The Balaban J connectivity index is 2.98. The van der Waals surface area contributed by atoms with Gasteiger partial charge in [-0.05, 0) is 18.1 Å². The average molecular weight is 301 g/mol. The monoisotopic (exact) mass is 301 g/mol. The number of nitro groups is 1. The fourth-order valence-corrected chi connectivity index (χ4v) is 2.87. The summed E-state index contributed by atoms with van der Waals surface area (Å²) in [7, 11) is -3.76. The number of nitrogens with one attached hydrogen (secondary N) is 1. The molecule has 0 amide bonds. The molecule has 0 bridgehead atoms. The minimum atomic E-state index is -3.76. The molecule has 7 nitrogen and oxygen atoms in total. The SMILES string of the molecule is CCC(CC)CNS(=O)(=O)c1ccc(N)c([N+](=O)[O-])c1. The largest absolute Gasteiger partial charge is 0.393 e. The van der Waals surface area contributed by atoms with Gasteiger partial charge in [0, 0.05) is 12.6 Å². The first kappa shape index (κ1) is 16.4. The van der Waals surface area contributed by atoms with Gasteiger partial charge < -0.3 is 5.73 Å². The fraction of sp³-hybridized carbons (Fsp3) is 0.500. The van der Waals surface area contributed by atoms with E-state index in [0.717, 1.165) is 18.9 Å². The van der Waals surface area contributed by atoms with Crippen molar-refractivity contribution in [3.63, 3.8) is 0 Å². The maximum atomic E-state index is 12.1. The summed E-state index contributed by atoms with van der Waals surface area (Å²) in [6.07, 6.45) is 1.72. The van der Waals surface area contributed by atoms with Crippen LogP contribution in [-0.4, -0.2) is 19.9 Å². The van der Waals surface area contributed by atoms with E-state index in [2.05, 4.69) is 4.72 Å². The molecule has 3 N–H and O–H groups in total. The molecule has 112 valence electrons.